The molecule has 4 rings (SSSR count). The molecule has 1 atom stereocenters. The quantitative estimate of drug-likeness (QED) is 0.169. The van der Waals surface area contributed by atoms with Crippen molar-refractivity contribution in [2.45, 2.75) is 38.4 Å². The van der Waals surface area contributed by atoms with E-state index in [-0.39, 0.29) is 34.9 Å². The number of rotatable bonds is 8. The number of anilines is 1. The van der Waals surface area contributed by atoms with E-state index in [4.69, 9.17) is 11.6 Å². The second kappa shape index (κ2) is 12.6. The van der Waals surface area contributed by atoms with Crippen LogP contribution in [0.1, 0.15) is 45.5 Å². The zero-order valence-corrected chi connectivity index (χ0v) is 23.8. The third-order valence-corrected chi connectivity index (χ3v) is 7.93. The number of alkyl halides is 3. The molecule has 224 valence electrons. The predicted molar refractivity (Wildman–Crippen MR) is 143 cm³/mol. The number of methoxy groups -OCH3 is 1. The van der Waals surface area contributed by atoms with Gasteiger partial charge in [-0.15, -0.1) is 11.3 Å². The molecule has 0 bridgehead atoms. The van der Waals surface area contributed by atoms with Gasteiger partial charge in [0.1, 0.15) is 18.2 Å². The molecule has 1 unspecified atom stereocenters. The van der Waals surface area contributed by atoms with Crippen molar-refractivity contribution in [1.29, 1.82) is 0 Å². The van der Waals surface area contributed by atoms with Crippen molar-refractivity contribution in [3.63, 3.8) is 0 Å². The van der Waals surface area contributed by atoms with Crippen LogP contribution in [0.5, 0.6) is 0 Å². The molecule has 16 heteroatoms. The van der Waals surface area contributed by atoms with Crippen LogP contribution in [0, 0.1) is 18.7 Å². The molecule has 3 aromatic rings. The Morgan fingerprint density at radius 2 is 1.88 bits per heavy atom. The van der Waals surface area contributed by atoms with E-state index in [1.54, 1.807) is 4.90 Å². The van der Waals surface area contributed by atoms with Gasteiger partial charge in [-0.1, -0.05) is 11.6 Å². The molecule has 1 aliphatic rings. The van der Waals surface area contributed by atoms with Gasteiger partial charge in [-0.25, -0.2) is 9.37 Å². The monoisotopic (exact) mass is 629 g/mol. The smallest absolute Gasteiger partial charge is 0.435 e. The number of nitrogens with one attached hydrogen (secondary N) is 1. The van der Waals surface area contributed by atoms with E-state index >= 15 is 0 Å². The SMILES string of the molecule is COC(=O)C(C(=O)Nc1csc(C2CCN(C(=O)Cn3nc(C(F)(F)F)cc3C)CC2)n1)C(=O)c1ccc(Cl)cc1F. The molecule has 2 amide bonds. The number of carbonyl (C=O) groups is 4. The van der Waals surface area contributed by atoms with Crippen molar-refractivity contribution in [2.24, 2.45) is 5.92 Å². The number of nitrogens with zero attached hydrogens (tertiary/aromatic N) is 4. The summed E-state index contributed by atoms with van der Waals surface area (Å²) in [6.45, 7) is 1.80. The van der Waals surface area contributed by atoms with Gasteiger partial charge in [0.25, 0.3) is 0 Å². The average Bonchev–Trinajstić information content (AvgIpc) is 3.55. The standard InChI is InChI=1S/C26H24ClF4N5O5S/c1-13-9-18(26(29,30)31)34-36(13)11-20(37)35-7-5-14(6-8-35)24-33-19(12-42-24)32-23(39)21(25(40)41-2)22(38)16-4-3-15(27)10-17(16)28/h3-4,9-10,12,14,21H,5-8,11H2,1-2H3,(H,32,39). The molecule has 0 radical (unpaired) electrons. The van der Waals surface area contributed by atoms with Gasteiger partial charge in [0, 0.05) is 35.1 Å². The Bertz CT molecular complexity index is 1520. The first-order chi connectivity index (χ1) is 19.8. The second-order valence-corrected chi connectivity index (χ2v) is 10.8. The molecule has 2 aromatic heterocycles. The van der Waals surface area contributed by atoms with Crippen LogP contribution < -0.4 is 5.32 Å². The molecule has 1 saturated heterocycles. The molecule has 3 heterocycles. The van der Waals surface area contributed by atoms with Crippen LogP contribution in [0.4, 0.5) is 23.4 Å². The number of ketones is 1. The number of Topliss-reactive ketones (excluding diaryl/α,β-unsaturated/α-hetero) is 1. The number of piperidine rings is 1. The van der Waals surface area contributed by atoms with Crippen molar-refractivity contribution < 1.29 is 41.5 Å². The lowest BCUT2D eigenvalue weighted by molar-refractivity contribution is -0.146. The summed E-state index contributed by atoms with van der Waals surface area (Å²) in [6.07, 6.45) is -3.58. The molecule has 1 aliphatic heterocycles. The van der Waals surface area contributed by atoms with E-state index in [0.29, 0.717) is 30.9 Å². The Morgan fingerprint density at radius 1 is 1.19 bits per heavy atom. The van der Waals surface area contributed by atoms with Gasteiger partial charge < -0.3 is 15.0 Å². The lowest BCUT2D eigenvalue weighted by atomic mass is 9.96. The highest BCUT2D eigenvalue weighted by atomic mass is 35.5. The number of ether oxygens (including phenoxy) is 1. The van der Waals surface area contributed by atoms with Crippen LogP contribution in [0.2, 0.25) is 5.02 Å². The summed E-state index contributed by atoms with van der Waals surface area (Å²) in [7, 11) is 0.988. The molecule has 1 N–H and O–H groups in total. The predicted octanol–water partition coefficient (Wildman–Crippen LogP) is 4.48. The lowest BCUT2D eigenvalue weighted by Gasteiger charge is -2.31. The van der Waals surface area contributed by atoms with E-state index < -0.39 is 46.8 Å². The molecule has 1 fully saturated rings. The fourth-order valence-electron chi connectivity index (χ4n) is 4.44. The number of hydrogen-bond acceptors (Lipinski definition) is 8. The summed E-state index contributed by atoms with van der Waals surface area (Å²) >= 11 is 6.94. The minimum absolute atomic E-state index is 0.0286. The van der Waals surface area contributed by atoms with E-state index in [2.05, 4.69) is 20.1 Å². The Kier molecular flexibility index (Phi) is 9.30. The Morgan fingerprint density at radius 3 is 2.48 bits per heavy atom. The first-order valence-electron chi connectivity index (χ1n) is 12.5. The maximum Gasteiger partial charge on any atom is 0.435 e. The van der Waals surface area contributed by atoms with Gasteiger partial charge in [-0.2, -0.15) is 18.3 Å². The number of thiazole rings is 1. The summed E-state index contributed by atoms with van der Waals surface area (Å²) in [6, 6.07) is 4.08. The fraction of sp³-hybridized carbons (Fsp3) is 0.385. The number of hydrogen-bond donors (Lipinski definition) is 1. The van der Waals surface area contributed by atoms with Gasteiger partial charge in [0.2, 0.25) is 11.8 Å². The van der Waals surface area contributed by atoms with Crippen molar-refractivity contribution in [2.75, 3.05) is 25.5 Å². The number of benzene rings is 1. The number of aromatic nitrogens is 3. The van der Waals surface area contributed by atoms with Gasteiger partial charge in [0.15, 0.2) is 17.4 Å². The van der Waals surface area contributed by atoms with Gasteiger partial charge >= 0.3 is 12.1 Å². The van der Waals surface area contributed by atoms with Crippen LogP contribution >= 0.6 is 22.9 Å². The summed E-state index contributed by atoms with van der Waals surface area (Å²) < 4.78 is 58.7. The van der Waals surface area contributed by atoms with Crippen LogP contribution in [-0.2, 0) is 31.8 Å². The maximum absolute atomic E-state index is 14.3. The summed E-state index contributed by atoms with van der Waals surface area (Å²) in [4.78, 5) is 56.7. The van der Waals surface area contributed by atoms with E-state index in [1.165, 1.54) is 29.7 Å². The first kappa shape index (κ1) is 31.1. The van der Waals surface area contributed by atoms with Gasteiger partial charge in [-0.3, -0.25) is 23.9 Å². The number of carbonyl (C=O) groups excluding carboxylic acids is 4. The highest BCUT2D eigenvalue weighted by Gasteiger charge is 2.38. The fourth-order valence-corrected chi connectivity index (χ4v) is 5.52. The van der Waals surface area contributed by atoms with E-state index in [1.807, 2.05) is 0 Å². The highest BCUT2D eigenvalue weighted by Crippen LogP contribution is 2.32. The number of amides is 2. The first-order valence-corrected chi connectivity index (χ1v) is 13.8. The third-order valence-electron chi connectivity index (χ3n) is 6.68. The lowest BCUT2D eigenvalue weighted by Crippen LogP contribution is -2.40. The maximum atomic E-state index is 14.3. The summed E-state index contributed by atoms with van der Waals surface area (Å²) in [5.41, 5.74) is -1.34. The van der Waals surface area contributed by atoms with Crippen molar-refractivity contribution in [1.82, 2.24) is 19.7 Å². The molecule has 10 nitrogen and oxygen atoms in total. The molecule has 42 heavy (non-hydrogen) atoms. The molecular weight excluding hydrogens is 606 g/mol. The summed E-state index contributed by atoms with van der Waals surface area (Å²) in [5, 5.41) is 8.09. The van der Waals surface area contributed by atoms with Crippen LogP contribution in [0.3, 0.4) is 0 Å². The van der Waals surface area contributed by atoms with Gasteiger partial charge in [0.05, 0.1) is 17.7 Å². The zero-order chi connectivity index (χ0) is 30.8. The number of halogens is 5. The van der Waals surface area contributed by atoms with Crippen molar-refractivity contribution >= 4 is 52.3 Å². The summed E-state index contributed by atoms with van der Waals surface area (Å²) in [5.74, 6) is -6.70. The van der Waals surface area contributed by atoms with E-state index in [0.717, 1.165) is 30.0 Å². The number of esters is 1. The normalized spacial score (nSPS) is 14.9. The van der Waals surface area contributed by atoms with Crippen molar-refractivity contribution in [3.8, 4) is 0 Å². The number of likely N-dealkylation sites (tertiary alicyclic amines) is 1. The minimum Gasteiger partial charge on any atom is -0.468 e. The molecule has 0 spiro atoms. The Balaban J connectivity index is 1.36. The van der Waals surface area contributed by atoms with Crippen LogP contribution in [0.25, 0.3) is 0 Å². The van der Waals surface area contributed by atoms with E-state index in [9.17, 15) is 36.7 Å². The molecule has 0 saturated carbocycles. The Labute approximate surface area is 245 Å². The largest absolute Gasteiger partial charge is 0.468 e. The van der Waals surface area contributed by atoms with Crippen LogP contribution in [0.15, 0.2) is 29.6 Å². The van der Waals surface area contributed by atoms with Gasteiger partial charge in [-0.05, 0) is 44.0 Å². The minimum atomic E-state index is -4.60. The molecular formula is C26H24ClF4N5O5S. The van der Waals surface area contributed by atoms with Crippen LogP contribution in [-0.4, -0.2) is 63.4 Å². The number of aryl methyl sites for hydroxylation is 1. The molecule has 1 aromatic carbocycles. The second-order valence-electron chi connectivity index (χ2n) is 9.49. The van der Waals surface area contributed by atoms with Crippen molar-refractivity contribution in [3.05, 3.63) is 62.4 Å². The molecule has 0 aliphatic carbocycles. The Hall–Kier alpha value is -3.85. The topological polar surface area (TPSA) is 123 Å². The zero-order valence-electron chi connectivity index (χ0n) is 22.2. The highest BCUT2D eigenvalue weighted by molar-refractivity contribution is 7.10. The third kappa shape index (κ3) is 6.95. The average molecular weight is 630 g/mol.